The van der Waals surface area contributed by atoms with Crippen LogP contribution in [0.1, 0.15) is 51.8 Å². The first-order chi connectivity index (χ1) is 18.1. The van der Waals surface area contributed by atoms with Gasteiger partial charge in [0.05, 0.1) is 17.4 Å². The largest absolute Gasteiger partial charge is 0.508 e. The number of benzene rings is 4. The zero-order valence-corrected chi connectivity index (χ0v) is 20.1. The number of phenolic OH excluding ortho intramolecular Hbond substituents is 1. The second-order valence-corrected chi connectivity index (χ2v) is 9.58. The molecule has 2 aliphatic rings. The number of rotatable bonds is 4. The van der Waals surface area contributed by atoms with Crippen molar-refractivity contribution in [3.63, 3.8) is 0 Å². The number of hydrogen-bond acceptors (Lipinski definition) is 5. The second-order valence-electron chi connectivity index (χ2n) is 9.58. The number of carbonyl (C=O) groups excluding carboxylic acids is 2. The molecular formula is C32H26N2O3. The molecule has 1 aliphatic heterocycles. The van der Waals surface area contributed by atoms with Gasteiger partial charge in [0.25, 0.3) is 0 Å². The predicted molar refractivity (Wildman–Crippen MR) is 145 cm³/mol. The van der Waals surface area contributed by atoms with Crippen molar-refractivity contribution < 1.29 is 14.7 Å². The normalized spacial score (nSPS) is 18.6. The van der Waals surface area contributed by atoms with Crippen molar-refractivity contribution in [2.45, 2.75) is 24.8 Å². The van der Waals surface area contributed by atoms with Gasteiger partial charge in [0.1, 0.15) is 5.75 Å². The van der Waals surface area contributed by atoms with Gasteiger partial charge in [-0.25, -0.2) is 0 Å². The molecule has 0 amide bonds. The molecule has 0 radical (unpaired) electrons. The van der Waals surface area contributed by atoms with Crippen LogP contribution >= 0.6 is 0 Å². The second kappa shape index (κ2) is 9.43. The number of Topliss-reactive ketones (excluding diaryl/α,β-unsaturated/α-hetero) is 1. The Morgan fingerprint density at radius 3 is 2.16 bits per heavy atom. The van der Waals surface area contributed by atoms with Crippen molar-refractivity contribution in [1.82, 2.24) is 0 Å². The van der Waals surface area contributed by atoms with E-state index in [0.29, 0.717) is 29.5 Å². The molecule has 0 spiro atoms. The van der Waals surface area contributed by atoms with Crippen LogP contribution in [-0.4, -0.2) is 16.7 Å². The van der Waals surface area contributed by atoms with Gasteiger partial charge >= 0.3 is 0 Å². The third-order valence-electron chi connectivity index (χ3n) is 7.20. The molecule has 1 heterocycles. The van der Waals surface area contributed by atoms with Crippen LogP contribution in [0.2, 0.25) is 0 Å². The minimum atomic E-state index is -0.385. The van der Waals surface area contributed by atoms with Crippen LogP contribution in [0.15, 0.2) is 114 Å². The van der Waals surface area contributed by atoms with E-state index in [2.05, 4.69) is 22.8 Å². The first-order valence-corrected chi connectivity index (χ1v) is 12.4. The number of hydrogen-bond donors (Lipinski definition) is 3. The summed E-state index contributed by atoms with van der Waals surface area (Å²) in [6.07, 6.45) is 1.10. The number of carbonyl (C=O) groups is 2. The highest BCUT2D eigenvalue weighted by Crippen LogP contribution is 2.44. The fourth-order valence-electron chi connectivity index (χ4n) is 5.32. The molecule has 0 bridgehead atoms. The number of aromatic hydroxyl groups is 1. The molecule has 2 atom stereocenters. The molecule has 0 saturated carbocycles. The Morgan fingerprint density at radius 2 is 1.43 bits per heavy atom. The molecule has 6 rings (SSSR count). The summed E-state index contributed by atoms with van der Waals surface area (Å²) in [6, 6.07) is 31.5. The summed E-state index contributed by atoms with van der Waals surface area (Å²) in [5.74, 6) is 0.270. The van der Waals surface area contributed by atoms with Crippen molar-refractivity contribution in [2.75, 3.05) is 10.6 Å². The van der Waals surface area contributed by atoms with Crippen LogP contribution < -0.4 is 10.6 Å². The number of ketones is 2. The van der Waals surface area contributed by atoms with E-state index in [9.17, 15) is 14.7 Å². The van der Waals surface area contributed by atoms with Gasteiger partial charge in [-0.05, 0) is 53.8 Å². The molecule has 1 aliphatic carbocycles. The molecule has 182 valence electrons. The van der Waals surface area contributed by atoms with Gasteiger partial charge in [-0.1, -0.05) is 72.8 Å². The van der Waals surface area contributed by atoms with E-state index >= 15 is 0 Å². The molecule has 4 aromatic carbocycles. The Labute approximate surface area is 215 Å². The zero-order chi connectivity index (χ0) is 25.4. The fourth-order valence-corrected chi connectivity index (χ4v) is 5.32. The quantitative estimate of drug-likeness (QED) is 0.283. The van der Waals surface area contributed by atoms with Crippen molar-refractivity contribution >= 4 is 22.9 Å². The summed E-state index contributed by atoms with van der Waals surface area (Å²) < 4.78 is 0. The van der Waals surface area contributed by atoms with Crippen molar-refractivity contribution in [2.24, 2.45) is 0 Å². The Bertz CT molecular complexity index is 1510. The summed E-state index contributed by atoms with van der Waals surface area (Å²) >= 11 is 0. The number of fused-ring (bicyclic) bond motifs is 1. The van der Waals surface area contributed by atoms with E-state index in [1.54, 1.807) is 12.1 Å². The fraction of sp³-hybridized carbons (Fsp3) is 0.125. The van der Waals surface area contributed by atoms with Crippen LogP contribution in [-0.2, 0) is 4.79 Å². The van der Waals surface area contributed by atoms with Crippen LogP contribution in [0.25, 0.3) is 0 Å². The minimum absolute atomic E-state index is 0.0550. The molecule has 4 aromatic rings. The molecule has 5 nitrogen and oxygen atoms in total. The molecule has 37 heavy (non-hydrogen) atoms. The molecule has 5 heteroatoms. The smallest absolute Gasteiger partial charge is 0.193 e. The highest BCUT2D eigenvalue weighted by atomic mass is 16.3. The number of phenols is 1. The number of anilines is 2. The lowest BCUT2D eigenvalue weighted by Gasteiger charge is -2.30. The average Bonchev–Trinajstić information content (AvgIpc) is 3.10. The summed E-state index contributed by atoms with van der Waals surface area (Å²) in [5.41, 5.74) is 6.35. The first kappa shape index (κ1) is 22.8. The highest BCUT2D eigenvalue weighted by molar-refractivity contribution is 6.10. The Hall–Kier alpha value is -4.64. The zero-order valence-electron chi connectivity index (χ0n) is 20.1. The Kier molecular flexibility index (Phi) is 5.81. The van der Waals surface area contributed by atoms with Gasteiger partial charge in [-0.15, -0.1) is 0 Å². The van der Waals surface area contributed by atoms with Gasteiger partial charge in [0.15, 0.2) is 11.6 Å². The van der Waals surface area contributed by atoms with Gasteiger partial charge in [0.2, 0.25) is 0 Å². The third kappa shape index (κ3) is 4.40. The van der Waals surface area contributed by atoms with Crippen molar-refractivity contribution in [3.8, 4) is 5.75 Å². The SMILES string of the molecule is O=C1C[C@H](c2ccccc2)CC2=C1[C@@H](c1ccc(O)cc1)Nc1ccc(C(=O)c3ccccc3)cc1N2. The molecule has 0 saturated heterocycles. The lowest BCUT2D eigenvalue weighted by Crippen LogP contribution is -2.26. The van der Waals surface area contributed by atoms with Gasteiger partial charge in [-0.3, -0.25) is 9.59 Å². The van der Waals surface area contributed by atoms with E-state index in [1.807, 2.05) is 78.9 Å². The van der Waals surface area contributed by atoms with Crippen LogP contribution in [0, 0.1) is 0 Å². The first-order valence-electron chi connectivity index (χ1n) is 12.4. The Balaban J connectivity index is 1.44. The third-order valence-corrected chi connectivity index (χ3v) is 7.20. The molecule has 0 aromatic heterocycles. The van der Waals surface area contributed by atoms with E-state index in [1.165, 1.54) is 0 Å². The van der Waals surface area contributed by atoms with Crippen LogP contribution in [0.3, 0.4) is 0 Å². The summed E-state index contributed by atoms with van der Waals surface area (Å²) in [7, 11) is 0. The van der Waals surface area contributed by atoms with E-state index in [-0.39, 0.29) is 29.3 Å². The summed E-state index contributed by atoms with van der Waals surface area (Å²) in [5, 5.41) is 16.9. The van der Waals surface area contributed by atoms with Gasteiger partial charge < -0.3 is 15.7 Å². The van der Waals surface area contributed by atoms with Gasteiger partial charge in [-0.2, -0.15) is 0 Å². The average molecular weight is 487 g/mol. The number of nitrogens with one attached hydrogen (secondary N) is 2. The van der Waals surface area contributed by atoms with Crippen molar-refractivity contribution in [3.05, 3.63) is 137 Å². The Morgan fingerprint density at radius 1 is 0.730 bits per heavy atom. The lowest BCUT2D eigenvalue weighted by atomic mass is 9.78. The summed E-state index contributed by atoms with van der Waals surface area (Å²) in [6.45, 7) is 0. The van der Waals surface area contributed by atoms with E-state index < -0.39 is 0 Å². The summed E-state index contributed by atoms with van der Waals surface area (Å²) in [4.78, 5) is 26.9. The van der Waals surface area contributed by atoms with Crippen LogP contribution in [0.4, 0.5) is 11.4 Å². The molecule has 0 fully saturated rings. The predicted octanol–water partition coefficient (Wildman–Crippen LogP) is 6.60. The maximum absolute atomic E-state index is 13.7. The standard InChI is InChI=1S/C32H26N2O3/c35-25-14-11-21(12-15-25)31-30-28(18-24(19-29(30)36)20-7-3-1-4-8-20)33-27-17-23(13-16-26(27)34-31)32(37)22-9-5-2-6-10-22/h1-17,24,31,33-35H,18-19H2/t24-,31-/m1/s1. The topological polar surface area (TPSA) is 78.4 Å². The maximum Gasteiger partial charge on any atom is 0.193 e. The van der Waals surface area contributed by atoms with Gasteiger partial charge in [0, 0.05) is 28.8 Å². The lowest BCUT2D eigenvalue weighted by molar-refractivity contribution is -0.116. The molecule has 0 unspecified atom stereocenters. The van der Waals surface area contributed by atoms with Crippen molar-refractivity contribution in [1.29, 1.82) is 0 Å². The number of allylic oxidation sites excluding steroid dienone is 1. The highest BCUT2D eigenvalue weighted by Gasteiger charge is 2.36. The molecule has 3 N–H and O–H groups in total. The van der Waals surface area contributed by atoms with E-state index in [4.69, 9.17) is 0 Å². The molecular weight excluding hydrogens is 460 g/mol. The monoisotopic (exact) mass is 486 g/mol. The minimum Gasteiger partial charge on any atom is -0.508 e. The maximum atomic E-state index is 13.7. The van der Waals surface area contributed by atoms with Crippen LogP contribution in [0.5, 0.6) is 5.75 Å². The van der Waals surface area contributed by atoms with E-state index in [0.717, 1.165) is 28.2 Å².